The van der Waals surface area contributed by atoms with Gasteiger partial charge in [-0.1, -0.05) is 17.3 Å². The predicted octanol–water partition coefficient (Wildman–Crippen LogP) is 1.33. The van der Waals surface area contributed by atoms with Crippen molar-refractivity contribution in [2.75, 3.05) is 0 Å². The number of fused-ring (bicyclic) bond motifs is 1. The maximum absolute atomic E-state index is 10.3. The molecule has 0 aliphatic heterocycles. The van der Waals surface area contributed by atoms with Crippen LogP contribution in [-0.4, -0.2) is 11.1 Å². The smallest absolute Gasteiger partial charge is 0.356 e. The Labute approximate surface area is 73.8 Å². The zero-order chi connectivity index (χ0) is 9.26. The molecule has 0 unspecified atom stereocenters. The number of para-hydroxylation sites is 1. The SMILES string of the molecule is [O]C(=O)Cc1noc2ccccc12. The number of nitrogens with zero attached hydrogens (tertiary/aromatic N) is 1. The Morgan fingerprint density at radius 1 is 1.38 bits per heavy atom. The number of carbonyl (C=O) groups excluding carboxylic acids is 1. The average molecular weight is 176 g/mol. The Kier molecular flexibility index (Phi) is 1.73. The molecular formula is C9H6NO3. The molecule has 0 aliphatic carbocycles. The molecule has 2 rings (SSSR count). The fourth-order valence-corrected chi connectivity index (χ4v) is 1.20. The highest BCUT2D eigenvalue weighted by molar-refractivity contribution is 5.83. The fraction of sp³-hybridized carbons (Fsp3) is 0.111. The molecule has 0 bridgehead atoms. The van der Waals surface area contributed by atoms with Crippen LogP contribution in [0.3, 0.4) is 0 Å². The van der Waals surface area contributed by atoms with Crippen molar-refractivity contribution in [2.45, 2.75) is 6.42 Å². The molecule has 1 aromatic heterocycles. The predicted molar refractivity (Wildman–Crippen MR) is 43.4 cm³/mol. The van der Waals surface area contributed by atoms with Gasteiger partial charge in [-0.2, -0.15) is 0 Å². The first-order valence-corrected chi connectivity index (χ1v) is 3.80. The molecule has 4 heteroatoms. The topological polar surface area (TPSA) is 63.0 Å². The van der Waals surface area contributed by atoms with E-state index in [1.807, 2.05) is 0 Å². The van der Waals surface area contributed by atoms with Gasteiger partial charge in [-0.05, 0) is 12.1 Å². The van der Waals surface area contributed by atoms with Crippen LogP contribution in [0.2, 0.25) is 0 Å². The molecule has 2 aromatic rings. The molecular weight excluding hydrogens is 170 g/mol. The highest BCUT2D eigenvalue weighted by atomic mass is 16.5. The lowest BCUT2D eigenvalue weighted by molar-refractivity contribution is -0.142. The van der Waals surface area contributed by atoms with E-state index in [4.69, 9.17) is 4.52 Å². The van der Waals surface area contributed by atoms with Crippen LogP contribution >= 0.6 is 0 Å². The minimum absolute atomic E-state index is 0.211. The summed E-state index contributed by atoms with van der Waals surface area (Å²) >= 11 is 0. The van der Waals surface area contributed by atoms with Gasteiger partial charge in [-0.25, -0.2) is 9.90 Å². The second kappa shape index (κ2) is 2.90. The lowest BCUT2D eigenvalue weighted by Gasteiger charge is -1.86. The summed E-state index contributed by atoms with van der Waals surface area (Å²) in [7, 11) is 0. The van der Waals surface area contributed by atoms with E-state index < -0.39 is 5.97 Å². The van der Waals surface area contributed by atoms with Gasteiger partial charge in [0.2, 0.25) is 0 Å². The molecule has 1 aromatic carbocycles. The summed E-state index contributed by atoms with van der Waals surface area (Å²) in [4.78, 5) is 10.3. The van der Waals surface area contributed by atoms with E-state index in [2.05, 4.69) is 5.16 Å². The van der Waals surface area contributed by atoms with Gasteiger partial charge < -0.3 is 4.52 Å². The number of benzene rings is 1. The standard InChI is InChI=1S/C9H6NO3/c11-9(12)5-7-6-3-1-2-4-8(6)13-10-7/h1-4H,5H2. The van der Waals surface area contributed by atoms with E-state index in [1.54, 1.807) is 24.3 Å². The first-order valence-electron chi connectivity index (χ1n) is 3.80. The van der Waals surface area contributed by atoms with E-state index in [9.17, 15) is 9.90 Å². The Hall–Kier alpha value is -1.84. The monoisotopic (exact) mass is 176 g/mol. The van der Waals surface area contributed by atoms with Crippen molar-refractivity contribution < 1.29 is 14.4 Å². The molecule has 0 atom stereocenters. The summed E-state index contributed by atoms with van der Waals surface area (Å²) in [5, 5.41) is 14.7. The van der Waals surface area contributed by atoms with Crippen LogP contribution in [0.1, 0.15) is 5.69 Å². The van der Waals surface area contributed by atoms with Gasteiger partial charge in [0.1, 0.15) is 5.69 Å². The summed E-state index contributed by atoms with van der Waals surface area (Å²) in [5.74, 6) is -1.15. The molecule has 0 aliphatic rings. The van der Waals surface area contributed by atoms with Crippen molar-refractivity contribution in [2.24, 2.45) is 0 Å². The van der Waals surface area contributed by atoms with Gasteiger partial charge >= 0.3 is 5.97 Å². The summed E-state index contributed by atoms with van der Waals surface area (Å²) in [6.45, 7) is 0. The second-order valence-corrected chi connectivity index (χ2v) is 2.67. The molecule has 0 N–H and O–H groups in total. The number of carbonyl (C=O) groups is 1. The van der Waals surface area contributed by atoms with Crippen LogP contribution in [0, 0.1) is 0 Å². The number of rotatable bonds is 2. The molecule has 0 saturated heterocycles. The summed E-state index contributed by atoms with van der Waals surface area (Å²) < 4.78 is 4.91. The van der Waals surface area contributed by atoms with E-state index in [0.29, 0.717) is 11.3 Å². The van der Waals surface area contributed by atoms with Crippen molar-refractivity contribution in [3.8, 4) is 0 Å². The average Bonchev–Trinajstić information content (AvgIpc) is 2.48. The third-order valence-corrected chi connectivity index (χ3v) is 1.76. The van der Waals surface area contributed by atoms with Crippen molar-refractivity contribution in [3.05, 3.63) is 30.0 Å². The van der Waals surface area contributed by atoms with Crippen molar-refractivity contribution >= 4 is 16.9 Å². The normalized spacial score (nSPS) is 10.5. The van der Waals surface area contributed by atoms with Crippen LogP contribution in [0.5, 0.6) is 0 Å². The minimum atomic E-state index is -1.15. The molecule has 4 nitrogen and oxygen atoms in total. The number of hydrogen-bond acceptors (Lipinski definition) is 3. The van der Waals surface area contributed by atoms with Gasteiger partial charge in [-0.3, -0.25) is 0 Å². The Bertz CT molecular complexity index is 447. The van der Waals surface area contributed by atoms with Crippen molar-refractivity contribution in [1.29, 1.82) is 0 Å². The summed E-state index contributed by atoms with van der Waals surface area (Å²) in [6, 6.07) is 7.11. The lowest BCUT2D eigenvalue weighted by Crippen LogP contribution is -1.98. The van der Waals surface area contributed by atoms with Crippen LogP contribution in [0.4, 0.5) is 0 Å². The lowest BCUT2D eigenvalue weighted by atomic mass is 10.2. The highest BCUT2D eigenvalue weighted by Crippen LogP contribution is 2.17. The molecule has 1 radical (unpaired) electrons. The zero-order valence-corrected chi connectivity index (χ0v) is 6.69. The summed E-state index contributed by atoms with van der Waals surface area (Å²) in [5.41, 5.74) is 1.01. The second-order valence-electron chi connectivity index (χ2n) is 2.67. The fourth-order valence-electron chi connectivity index (χ4n) is 1.20. The van der Waals surface area contributed by atoms with Gasteiger partial charge in [0.25, 0.3) is 0 Å². The molecule has 65 valence electrons. The quantitative estimate of drug-likeness (QED) is 0.693. The van der Waals surface area contributed by atoms with Crippen molar-refractivity contribution in [3.63, 3.8) is 0 Å². The third-order valence-electron chi connectivity index (χ3n) is 1.76. The third kappa shape index (κ3) is 1.38. The molecule has 1 heterocycles. The van der Waals surface area contributed by atoms with Gasteiger partial charge in [0.15, 0.2) is 5.58 Å². The van der Waals surface area contributed by atoms with Crippen LogP contribution < -0.4 is 0 Å². The maximum Gasteiger partial charge on any atom is 0.361 e. The molecule has 0 fully saturated rings. The first kappa shape index (κ1) is 7.79. The van der Waals surface area contributed by atoms with Crippen molar-refractivity contribution in [1.82, 2.24) is 5.16 Å². The molecule has 13 heavy (non-hydrogen) atoms. The van der Waals surface area contributed by atoms with Crippen LogP contribution in [0.25, 0.3) is 11.0 Å². The zero-order valence-electron chi connectivity index (χ0n) is 6.69. The van der Waals surface area contributed by atoms with E-state index in [1.165, 1.54) is 0 Å². The number of hydrogen-bond donors (Lipinski definition) is 0. The maximum atomic E-state index is 10.3. The highest BCUT2D eigenvalue weighted by Gasteiger charge is 2.11. The Balaban J connectivity index is 2.51. The van der Waals surface area contributed by atoms with Crippen LogP contribution in [0.15, 0.2) is 28.8 Å². The Morgan fingerprint density at radius 2 is 2.15 bits per heavy atom. The van der Waals surface area contributed by atoms with Gasteiger partial charge in [0, 0.05) is 5.39 Å². The Morgan fingerprint density at radius 3 is 2.92 bits per heavy atom. The molecule has 0 saturated carbocycles. The molecule has 0 spiro atoms. The van der Waals surface area contributed by atoms with E-state index in [0.717, 1.165) is 5.39 Å². The van der Waals surface area contributed by atoms with E-state index >= 15 is 0 Å². The van der Waals surface area contributed by atoms with Crippen LogP contribution in [-0.2, 0) is 16.3 Å². The first-order chi connectivity index (χ1) is 6.27. The van der Waals surface area contributed by atoms with Gasteiger partial charge in [0.05, 0.1) is 6.42 Å². The largest absolute Gasteiger partial charge is 0.361 e. The van der Waals surface area contributed by atoms with E-state index in [-0.39, 0.29) is 6.42 Å². The molecule has 0 amide bonds. The number of aromatic nitrogens is 1. The summed E-state index contributed by atoms with van der Waals surface area (Å²) in [6.07, 6.45) is -0.211. The van der Waals surface area contributed by atoms with Gasteiger partial charge in [-0.15, -0.1) is 0 Å². The minimum Gasteiger partial charge on any atom is -0.356 e.